The second-order valence-corrected chi connectivity index (χ2v) is 4.85. The van der Waals surface area contributed by atoms with Crippen LogP contribution in [0.4, 0.5) is 11.4 Å². The van der Waals surface area contributed by atoms with E-state index >= 15 is 0 Å². The fourth-order valence-electron chi connectivity index (χ4n) is 2.25. The lowest BCUT2D eigenvalue weighted by molar-refractivity contribution is -0.384. The van der Waals surface area contributed by atoms with Gasteiger partial charge in [-0.1, -0.05) is 0 Å². The molecule has 5 heteroatoms. The van der Waals surface area contributed by atoms with Gasteiger partial charge in [0.1, 0.15) is 5.69 Å². The highest BCUT2D eigenvalue weighted by Gasteiger charge is 2.27. The van der Waals surface area contributed by atoms with Gasteiger partial charge in [-0.25, -0.2) is 0 Å². The molecule has 0 bridgehead atoms. The number of nitrogens with one attached hydrogen (secondary N) is 1. The fourth-order valence-corrected chi connectivity index (χ4v) is 2.67. The largest absolute Gasteiger partial charge is 0.379 e. The number of benzene rings is 1. The Morgan fingerprint density at radius 2 is 2.06 bits per heavy atom. The summed E-state index contributed by atoms with van der Waals surface area (Å²) in [4.78, 5) is 10.8. The number of nitro benzene ring substituents is 1. The molecule has 16 heavy (non-hydrogen) atoms. The molecular formula is C11H13BrN2O2. The summed E-state index contributed by atoms with van der Waals surface area (Å²) >= 11 is 3.45. The lowest BCUT2D eigenvalue weighted by Crippen LogP contribution is -2.16. The lowest BCUT2D eigenvalue weighted by atomic mass is 9.94. The molecule has 2 rings (SSSR count). The second-order valence-electron chi connectivity index (χ2n) is 4.05. The summed E-state index contributed by atoms with van der Waals surface area (Å²) in [5.74, 6) is 0. The van der Waals surface area contributed by atoms with Crippen molar-refractivity contribution in [3.8, 4) is 0 Å². The van der Waals surface area contributed by atoms with E-state index in [-0.39, 0.29) is 10.6 Å². The normalized spacial score (nSPS) is 14.2. The van der Waals surface area contributed by atoms with Gasteiger partial charge in [-0.2, -0.15) is 0 Å². The molecule has 4 nitrogen and oxygen atoms in total. The summed E-state index contributed by atoms with van der Waals surface area (Å²) in [7, 11) is 0. The first kappa shape index (κ1) is 11.4. The number of halogens is 1. The number of hydrogen-bond donors (Lipinski definition) is 1. The van der Waals surface area contributed by atoms with Crippen molar-refractivity contribution in [2.75, 3.05) is 11.9 Å². The Morgan fingerprint density at radius 1 is 1.38 bits per heavy atom. The molecule has 1 aromatic carbocycles. The summed E-state index contributed by atoms with van der Waals surface area (Å²) < 4.78 is 0.863. The average Bonchev–Trinajstić information content (AvgIpc) is 2.26. The van der Waals surface area contributed by atoms with Gasteiger partial charge in [-0.15, -0.1) is 0 Å². The van der Waals surface area contributed by atoms with Gasteiger partial charge in [0, 0.05) is 16.6 Å². The Kier molecular flexibility index (Phi) is 2.88. The molecule has 1 aliphatic rings. The van der Waals surface area contributed by atoms with Gasteiger partial charge >= 0.3 is 0 Å². The second kappa shape index (κ2) is 4.05. The van der Waals surface area contributed by atoms with Gasteiger partial charge in [0.15, 0.2) is 0 Å². The number of anilines is 1. The zero-order chi connectivity index (χ0) is 11.9. The molecule has 0 aliphatic carbocycles. The minimum Gasteiger partial charge on any atom is -0.379 e. The molecule has 1 aliphatic heterocycles. The first-order chi connectivity index (χ1) is 7.54. The van der Waals surface area contributed by atoms with Gasteiger partial charge < -0.3 is 5.32 Å². The van der Waals surface area contributed by atoms with E-state index in [2.05, 4.69) is 21.2 Å². The van der Waals surface area contributed by atoms with Crippen LogP contribution in [-0.2, 0) is 6.42 Å². The Morgan fingerprint density at radius 3 is 2.69 bits per heavy atom. The molecule has 0 amide bonds. The van der Waals surface area contributed by atoms with Crippen molar-refractivity contribution in [3.05, 3.63) is 31.3 Å². The van der Waals surface area contributed by atoms with E-state index in [9.17, 15) is 10.1 Å². The molecule has 0 saturated heterocycles. The van der Waals surface area contributed by atoms with Crippen LogP contribution in [0.15, 0.2) is 4.47 Å². The van der Waals surface area contributed by atoms with E-state index in [1.54, 1.807) is 6.92 Å². The number of hydrogen-bond acceptors (Lipinski definition) is 3. The molecular weight excluding hydrogens is 272 g/mol. The Balaban J connectivity index is 2.78. The van der Waals surface area contributed by atoms with Crippen molar-refractivity contribution < 1.29 is 4.92 Å². The summed E-state index contributed by atoms with van der Waals surface area (Å²) in [5, 5.41) is 14.3. The minimum atomic E-state index is -0.295. The summed E-state index contributed by atoms with van der Waals surface area (Å²) in [5.41, 5.74) is 3.83. The van der Waals surface area contributed by atoms with Crippen LogP contribution < -0.4 is 5.32 Å². The van der Waals surface area contributed by atoms with Crippen molar-refractivity contribution in [2.45, 2.75) is 26.7 Å². The van der Waals surface area contributed by atoms with Crippen LogP contribution in [-0.4, -0.2) is 11.5 Å². The van der Waals surface area contributed by atoms with Gasteiger partial charge in [0.25, 0.3) is 5.69 Å². The van der Waals surface area contributed by atoms with Crippen molar-refractivity contribution in [3.63, 3.8) is 0 Å². The van der Waals surface area contributed by atoms with Crippen LogP contribution in [0.1, 0.15) is 23.1 Å². The Hall–Kier alpha value is -1.10. The zero-order valence-corrected chi connectivity index (χ0v) is 10.8. The maximum Gasteiger partial charge on any atom is 0.296 e. The first-order valence-electron chi connectivity index (χ1n) is 5.23. The topological polar surface area (TPSA) is 55.2 Å². The molecule has 0 unspecified atom stereocenters. The molecule has 0 atom stereocenters. The van der Waals surface area contributed by atoms with Gasteiger partial charge in [-0.05, 0) is 53.7 Å². The molecule has 0 radical (unpaired) electrons. The van der Waals surface area contributed by atoms with Crippen LogP contribution in [0.5, 0.6) is 0 Å². The van der Waals surface area contributed by atoms with E-state index in [0.717, 1.165) is 40.7 Å². The van der Waals surface area contributed by atoms with Crippen molar-refractivity contribution in [1.82, 2.24) is 0 Å². The Bertz CT molecular complexity index is 472. The van der Waals surface area contributed by atoms with Crippen molar-refractivity contribution in [1.29, 1.82) is 0 Å². The maximum atomic E-state index is 11.1. The number of nitro groups is 1. The molecule has 1 aromatic rings. The maximum absolute atomic E-state index is 11.1. The molecule has 86 valence electrons. The number of fused-ring (bicyclic) bond motifs is 1. The van der Waals surface area contributed by atoms with Crippen molar-refractivity contribution >= 4 is 27.3 Å². The van der Waals surface area contributed by atoms with Crippen LogP contribution >= 0.6 is 15.9 Å². The van der Waals surface area contributed by atoms with E-state index in [1.165, 1.54) is 0 Å². The predicted molar refractivity (Wildman–Crippen MR) is 67.1 cm³/mol. The third-order valence-electron chi connectivity index (χ3n) is 3.09. The summed E-state index contributed by atoms with van der Waals surface area (Å²) in [6, 6.07) is 0. The first-order valence-corrected chi connectivity index (χ1v) is 6.03. The van der Waals surface area contributed by atoms with Crippen molar-refractivity contribution in [2.24, 2.45) is 0 Å². The quantitative estimate of drug-likeness (QED) is 0.636. The highest BCUT2D eigenvalue weighted by atomic mass is 79.9. The highest BCUT2D eigenvalue weighted by molar-refractivity contribution is 9.10. The SMILES string of the molecule is Cc1c(Br)c(C)c([N+](=O)[O-])c2c1CCCN2. The molecule has 1 N–H and O–H groups in total. The minimum absolute atomic E-state index is 0.215. The van der Waals surface area contributed by atoms with Crippen LogP contribution in [0.2, 0.25) is 0 Å². The number of rotatable bonds is 1. The predicted octanol–water partition coefficient (Wildman–Crippen LogP) is 3.33. The van der Waals surface area contributed by atoms with Gasteiger partial charge in [0.05, 0.1) is 4.92 Å². The Labute approximate surface area is 102 Å². The monoisotopic (exact) mass is 284 g/mol. The van der Waals surface area contributed by atoms with Gasteiger partial charge in [-0.3, -0.25) is 10.1 Å². The van der Waals surface area contributed by atoms with E-state index in [4.69, 9.17) is 0 Å². The summed E-state index contributed by atoms with van der Waals surface area (Å²) in [6.45, 7) is 4.60. The molecule has 0 fully saturated rings. The third-order valence-corrected chi connectivity index (χ3v) is 4.28. The van der Waals surface area contributed by atoms with Crippen LogP contribution in [0.3, 0.4) is 0 Å². The summed E-state index contributed by atoms with van der Waals surface area (Å²) in [6.07, 6.45) is 1.94. The van der Waals surface area contributed by atoms with Crippen LogP contribution in [0.25, 0.3) is 0 Å². The third kappa shape index (κ3) is 1.59. The smallest absolute Gasteiger partial charge is 0.296 e. The fraction of sp³-hybridized carbons (Fsp3) is 0.455. The molecule has 0 spiro atoms. The number of nitrogens with zero attached hydrogens (tertiary/aromatic N) is 1. The lowest BCUT2D eigenvalue weighted by Gasteiger charge is -2.22. The van der Waals surface area contributed by atoms with E-state index in [1.807, 2.05) is 6.92 Å². The van der Waals surface area contributed by atoms with E-state index in [0.29, 0.717) is 5.56 Å². The standard InChI is InChI=1S/C11H13BrN2O2/c1-6-8-4-3-5-13-10(8)11(14(15)16)7(2)9(6)12/h13H,3-5H2,1-2H3. The zero-order valence-electron chi connectivity index (χ0n) is 9.26. The average molecular weight is 285 g/mol. The molecule has 0 aromatic heterocycles. The molecule has 0 saturated carbocycles. The molecule has 1 heterocycles. The highest BCUT2D eigenvalue weighted by Crippen LogP contribution is 2.41. The van der Waals surface area contributed by atoms with Crippen LogP contribution in [0, 0.1) is 24.0 Å². The van der Waals surface area contributed by atoms with E-state index < -0.39 is 0 Å². The van der Waals surface area contributed by atoms with Gasteiger partial charge in [0.2, 0.25) is 0 Å².